The lowest BCUT2D eigenvalue weighted by atomic mass is 9.77. The van der Waals surface area contributed by atoms with Gasteiger partial charge in [0.05, 0.1) is 18.2 Å². The fourth-order valence-electron chi connectivity index (χ4n) is 3.79. The summed E-state index contributed by atoms with van der Waals surface area (Å²) in [6, 6.07) is 7.54. The normalized spacial score (nSPS) is 17.7. The Balaban J connectivity index is 1.44. The first-order valence-corrected chi connectivity index (χ1v) is 9.35. The Morgan fingerprint density at radius 1 is 1.37 bits per heavy atom. The van der Waals surface area contributed by atoms with Crippen molar-refractivity contribution in [3.05, 3.63) is 46.6 Å². The topological polar surface area (TPSA) is 107 Å². The fraction of sp³-hybridized carbons (Fsp3) is 0.421. The number of benzene rings is 1. The average Bonchev–Trinajstić information content (AvgIpc) is 3.18. The van der Waals surface area contributed by atoms with Gasteiger partial charge in [0.1, 0.15) is 0 Å². The van der Waals surface area contributed by atoms with Crippen LogP contribution in [0.15, 0.2) is 24.3 Å². The van der Waals surface area contributed by atoms with E-state index in [1.165, 1.54) is 5.56 Å². The molecule has 27 heavy (non-hydrogen) atoms. The lowest BCUT2D eigenvalue weighted by Crippen LogP contribution is -2.47. The van der Waals surface area contributed by atoms with Gasteiger partial charge in [0.15, 0.2) is 5.82 Å². The zero-order valence-corrected chi connectivity index (χ0v) is 15.4. The highest BCUT2D eigenvalue weighted by atomic mass is 16.2. The van der Waals surface area contributed by atoms with Crippen LogP contribution in [0.3, 0.4) is 0 Å². The Hall–Kier alpha value is -2.87. The lowest BCUT2D eigenvalue weighted by molar-refractivity contribution is -0.118. The van der Waals surface area contributed by atoms with Crippen LogP contribution < -0.4 is 11.1 Å². The quantitative estimate of drug-likeness (QED) is 0.726. The number of nitrogens with zero attached hydrogens (tertiary/aromatic N) is 3. The molecule has 1 aromatic carbocycles. The van der Waals surface area contributed by atoms with Crippen LogP contribution >= 0.6 is 0 Å². The molecule has 0 fully saturated rings. The van der Waals surface area contributed by atoms with Crippen molar-refractivity contribution < 1.29 is 9.59 Å². The third-order valence-corrected chi connectivity index (χ3v) is 5.37. The van der Waals surface area contributed by atoms with Crippen LogP contribution in [0.25, 0.3) is 0 Å². The van der Waals surface area contributed by atoms with Crippen LogP contribution in [-0.4, -0.2) is 38.7 Å². The number of aromatic nitrogens is 2. The number of rotatable bonds is 6. The van der Waals surface area contributed by atoms with Gasteiger partial charge in [0.2, 0.25) is 5.91 Å². The Bertz CT molecular complexity index is 877. The zero-order valence-electron chi connectivity index (χ0n) is 15.4. The largest absolute Gasteiger partial charge is 0.350 e. The predicted molar refractivity (Wildman–Crippen MR) is 101 cm³/mol. The third kappa shape index (κ3) is 3.16. The van der Waals surface area contributed by atoms with Gasteiger partial charge in [-0.3, -0.25) is 14.9 Å². The van der Waals surface area contributed by atoms with Gasteiger partial charge in [0.25, 0.3) is 0 Å². The van der Waals surface area contributed by atoms with Gasteiger partial charge in [-0.2, -0.15) is 5.10 Å². The van der Waals surface area contributed by atoms with E-state index in [0.717, 1.165) is 36.1 Å². The van der Waals surface area contributed by atoms with Crippen molar-refractivity contribution in [3.63, 3.8) is 0 Å². The van der Waals surface area contributed by atoms with E-state index in [9.17, 15) is 9.59 Å². The number of carbonyl (C=O) groups excluding carboxylic acids is 2. The number of primary amides is 1. The summed E-state index contributed by atoms with van der Waals surface area (Å²) in [5, 5.41) is 13.7. The molecule has 4 N–H and O–H groups in total. The summed E-state index contributed by atoms with van der Waals surface area (Å²) in [7, 11) is 0. The van der Waals surface area contributed by atoms with Gasteiger partial charge in [-0.15, -0.1) is 0 Å². The zero-order chi connectivity index (χ0) is 19.0. The monoisotopic (exact) mass is 368 g/mol. The molecule has 2 heterocycles. The number of anilines is 1. The number of amides is 3. The van der Waals surface area contributed by atoms with E-state index in [4.69, 9.17) is 5.73 Å². The van der Waals surface area contributed by atoms with E-state index in [2.05, 4.69) is 28.5 Å². The lowest BCUT2D eigenvalue weighted by Gasteiger charge is -2.30. The first kappa shape index (κ1) is 17.5. The minimum absolute atomic E-state index is 0.0424. The molecule has 1 aromatic heterocycles. The summed E-state index contributed by atoms with van der Waals surface area (Å²) in [6.45, 7) is 3.68. The van der Waals surface area contributed by atoms with Gasteiger partial charge in [-0.25, -0.2) is 9.80 Å². The van der Waals surface area contributed by atoms with Gasteiger partial charge in [-0.05, 0) is 24.0 Å². The van der Waals surface area contributed by atoms with E-state index < -0.39 is 6.03 Å². The predicted octanol–water partition coefficient (Wildman–Crippen LogP) is 2.10. The molecule has 1 atom stereocenters. The number of H-pyrrole nitrogens is 1. The Labute approximate surface area is 157 Å². The molecular weight excluding hydrogens is 344 g/mol. The summed E-state index contributed by atoms with van der Waals surface area (Å²) in [5.74, 6) is 0.374. The number of urea groups is 1. The van der Waals surface area contributed by atoms with E-state index in [1.807, 2.05) is 23.2 Å². The van der Waals surface area contributed by atoms with Crippen molar-refractivity contribution >= 4 is 17.8 Å². The SMILES string of the molecule is CCCCN(C(N)=O)N1Cc2[nH]nc(NC(=O)C3Cc4ccccc43)c2C1. The number of nitrogens with one attached hydrogen (secondary N) is 2. The highest BCUT2D eigenvalue weighted by molar-refractivity contribution is 5.97. The minimum Gasteiger partial charge on any atom is -0.350 e. The van der Waals surface area contributed by atoms with Crippen LogP contribution in [0.2, 0.25) is 0 Å². The van der Waals surface area contributed by atoms with Crippen molar-refractivity contribution in [2.24, 2.45) is 5.73 Å². The standard InChI is InChI=1S/C19H24N6O2/c1-2-3-8-25(19(20)27)24-10-15-16(11-24)22-23-17(15)21-18(26)14-9-12-6-4-5-7-13(12)14/h4-7,14H,2-3,8-11H2,1H3,(H2,20,27)(H2,21,22,23,26). The first-order valence-electron chi connectivity index (χ1n) is 9.35. The number of aromatic amines is 1. The van der Waals surface area contributed by atoms with Crippen LogP contribution in [0, 0.1) is 0 Å². The van der Waals surface area contributed by atoms with Crippen molar-refractivity contribution in [2.75, 3.05) is 11.9 Å². The van der Waals surface area contributed by atoms with Crippen LogP contribution in [0.4, 0.5) is 10.6 Å². The summed E-state index contributed by atoms with van der Waals surface area (Å²) >= 11 is 0. The van der Waals surface area contributed by atoms with Gasteiger partial charge in [0, 0.05) is 18.7 Å². The highest BCUT2D eigenvalue weighted by Gasteiger charge is 2.34. The number of carbonyl (C=O) groups is 2. The minimum atomic E-state index is -0.460. The highest BCUT2D eigenvalue weighted by Crippen LogP contribution is 2.36. The molecule has 8 nitrogen and oxygen atoms in total. The Morgan fingerprint density at radius 3 is 2.93 bits per heavy atom. The maximum Gasteiger partial charge on any atom is 0.329 e. The molecule has 1 unspecified atom stereocenters. The van der Waals surface area contributed by atoms with E-state index >= 15 is 0 Å². The second kappa shape index (κ2) is 7.03. The van der Waals surface area contributed by atoms with Crippen LogP contribution in [0.1, 0.15) is 48.1 Å². The van der Waals surface area contributed by atoms with Crippen LogP contribution in [0.5, 0.6) is 0 Å². The third-order valence-electron chi connectivity index (χ3n) is 5.37. The second-order valence-electron chi connectivity index (χ2n) is 7.11. The molecule has 4 rings (SSSR count). The van der Waals surface area contributed by atoms with Crippen molar-refractivity contribution in [2.45, 2.75) is 45.2 Å². The smallest absolute Gasteiger partial charge is 0.329 e. The van der Waals surface area contributed by atoms with Crippen molar-refractivity contribution in [1.82, 2.24) is 20.2 Å². The molecule has 0 saturated heterocycles. The molecule has 0 bridgehead atoms. The van der Waals surface area contributed by atoms with Crippen LogP contribution in [-0.2, 0) is 24.3 Å². The molecule has 2 aliphatic rings. The van der Waals surface area contributed by atoms with Crippen molar-refractivity contribution in [1.29, 1.82) is 0 Å². The van der Waals surface area contributed by atoms with E-state index in [1.54, 1.807) is 5.01 Å². The fourth-order valence-corrected chi connectivity index (χ4v) is 3.79. The maximum atomic E-state index is 12.7. The number of unbranched alkanes of at least 4 members (excludes halogenated alkanes) is 1. The summed E-state index contributed by atoms with van der Waals surface area (Å²) in [6.07, 6.45) is 2.62. The van der Waals surface area contributed by atoms with Crippen molar-refractivity contribution in [3.8, 4) is 0 Å². The molecule has 3 amide bonds. The average molecular weight is 368 g/mol. The Kier molecular flexibility index (Phi) is 4.57. The summed E-state index contributed by atoms with van der Waals surface area (Å²) in [4.78, 5) is 24.4. The van der Waals surface area contributed by atoms with Gasteiger partial charge in [-0.1, -0.05) is 37.6 Å². The maximum absolute atomic E-state index is 12.7. The molecule has 2 aromatic rings. The number of nitrogens with two attached hydrogens (primary N) is 1. The number of hydrogen-bond donors (Lipinski definition) is 3. The molecule has 8 heteroatoms. The molecular formula is C19H24N6O2. The number of hydrazine groups is 1. The molecule has 0 spiro atoms. The van der Waals surface area contributed by atoms with Gasteiger partial charge < -0.3 is 11.1 Å². The first-order chi connectivity index (χ1) is 13.1. The molecule has 0 radical (unpaired) electrons. The second-order valence-corrected chi connectivity index (χ2v) is 7.11. The van der Waals surface area contributed by atoms with Gasteiger partial charge >= 0.3 is 6.03 Å². The Morgan fingerprint density at radius 2 is 2.19 bits per heavy atom. The molecule has 142 valence electrons. The summed E-state index contributed by atoms with van der Waals surface area (Å²) in [5.41, 5.74) is 9.67. The molecule has 1 aliphatic carbocycles. The molecule has 0 saturated carbocycles. The number of fused-ring (bicyclic) bond motifs is 2. The number of hydrogen-bond acceptors (Lipinski definition) is 4. The summed E-state index contributed by atoms with van der Waals surface area (Å²) < 4.78 is 0. The molecule has 1 aliphatic heterocycles. The van der Waals surface area contributed by atoms with E-state index in [-0.39, 0.29) is 11.8 Å². The van der Waals surface area contributed by atoms with E-state index in [0.29, 0.717) is 25.5 Å².